The minimum Gasteiger partial charge on any atom is -0.348 e. The first-order valence-electron chi connectivity index (χ1n) is 10.0. The molecule has 0 saturated carbocycles. The molecule has 3 heterocycles. The van der Waals surface area contributed by atoms with Crippen LogP contribution in [0.3, 0.4) is 0 Å². The van der Waals surface area contributed by atoms with E-state index in [0.717, 1.165) is 24.2 Å². The summed E-state index contributed by atoms with van der Waals surface area (Å²) in [5, 5.41) is 1.89. The van der Waals surface area contributed by atoms with Gasteiger partial charge in [0.15, 0.2) is 0 Å². The van der Waals surface area contributed by atoms with Crippen molar-refractivity contribution >= 4 is 23.2 Å². The molecular weight excluding hydrogens is 382 g/mol. The second-order valence-electron chi connectivity index (χ2n) is 7.23. The number of nitrogens with zero attached hydrogens (tertiary/aromatic N) is 3. The van der Waals surface area contributed by atoms with Crippen LogP contribution in [0.15, 0.2) is 66.2 Å². The normalized spacial score (nSPS) is 15.8. The molecule has 0 N–H and O–H groups in total. The Morgan fingerprint density at radius 3 is 2.62 bits per heavy atom. The van der Waals surface area contributed by atoms with Crippen LogP contribution in [-0.2, 0) is 11.3 Å². The fraction of sp³-hybridized carbons (Fsp3) is 0.304. The number of fused-ring (bicyclic) bond motifs is 1. The summed E-state index contributed by atoms with van der Waals surface area (Å²) in [5.41, 5.74) is 2.20. The molecule has 0 spiro atoms. The van der Waals surface area contributed by atoms with Gasteiger partial charge in [-0.15, -0.1) is 11.3 Å². The van der Waals surface area contributed by atoms with Gasteiger partial charge in [-0.3, -0.25) is 9.59 Å². The topological polar surface area (TPSA) is 45.6 Å². The van der Waals surface area contributed by atoms with E-state index in [9.17, 15) is 9.59 Å². The average molecular weight is 408 g/mol. The lowest BCUT2D eigenvalue weighted by molar-refractivity contribution is -0.134. The molecule has 150 valence electrons. The van der Waals surface area contributed by atoms with Crippen LogP contribution in [0.1, 0.15) is 40.3 Å². The summed E-state index contributed by atoms with van der Waals surface area (Å²) in [6.45, 7) is 4.11. The van der Waals surface area contributed by atoms with Crippen molar-refractivity contribution in [2.75, 3.05) is 19.6 Å². The zero-order valence-electron chi connectivity index (χ0n) is 16.5. The largest absolute Gasteiger partial charge is 0.348 e. The number of aromatic nitrogens is 1. The second kappa shape index (κ2) is 8.66. The minimum absolute atomic E-state index is 0.00957. The van der Waals surface area contributed by atoms with Crippen LogP contribution >= 0.6 is 11.3 Å². The number of amides is 2. The molecule has 0 aliphatic carbocycles. The summed E-state index contributed by atoms with van der Waals surface area (Å²) in [6.07, 6.45) is 2.88. The van der Waals surface area contributed by atoms with Crippen LogP contribution in [0.25, 0.3) is 0 Å². The maximum atomic E-state index is 13.4. The molecule has 1 aliphatic heterocycles. The highest BCUT2D eigenvalue weighted by atomic mass is 32.1. The monoisotopic (exact) mass is 407 g/mol. The highest BCUT2D eigenvalue weighted by Crippen LogP contribution is 2.32. The standard InChI is InChI=1S/C23H25N3O2S/c1-2-12-25(23(28)20-11-7-16-29-20)17-21(27)26-15-14-24-13-6-10-19(24)22(26)18-8-4-3-5-9-18/h3-11,13,16,22H,2,12,14-15,17H2,1H3. The Hall–Kier alpha value is -2.86. The van der Waals surface area contributed by atoms with Crippen molar-refractivity contribution in [3.63, 3.8) is 0 Å². The van der Waals surface area contributed by atoms with Crippen LogP contribution < -0.4 is 0 Å². The highest BCUT2D eigenvalue weighted by molar-refractivity contribution is 7.12. The fourth-order valence-electron chi connectivity index (χ4n) is 3.97. The molecular formula is C23H25N3O2S. The Morgan fingerprint density at radius 1 is 1.07 bits per heavy atom. The van der Waals surface area contributed by atoms with E-state index in [1.54, 1.807) is 4.90 Å². The summed E-state index contributed by atoms with van der Waals surface area (Å²) in [7, 11) is 0. The molecule has 0 radical (unpaired) electrons. The number of thiophene rings is 1. The van der Waals surface area contributed by atoms with Crippen LogP contribution in [0.5, 0.6) is 0 Å². The lowest BCUT2D eigenvalue weighted by Crippen LogP contribution is -2.48. The van der Waals surface area contributed by atoms with Crippen LogP contribution in [0.2, 0.25) is 0 Å². The zero-order chi connectivity index (χ0) is 20.2. The van der Waals surface area contributed by atoms with Gasteiger partial charge in [-0.2, -0.15) is 0 Å². The average Bonchev–Trinajstić information content (AvgIpc) is 3.44. The molecule has 0 fully saturated rings. The van der Waals surface area contributed by atoms with Crippen molar-refractivity contribution in [1.29, 1.82) is 0 Å². The first-order chi connectivity index (χ1) is 14.2. The minimum atomic E-state index is -0.132. The van der Waals surface area contributed by atoms with Gasteiger partial charge in [0.25, 0.3) is 5.91 Å². The lowest BCUT2D eigenvalue weighted by Gasteiger charge is -2.38. The van der Waals surface area contributed by atoms with Gasteiger partial charge in [-0.1, -0.05) is 43.3 Å². The van der Waals surface area contributed by atoms with Crippen molar-refractivity contribution in [3.8, 4) is 0 Å². The van der Waals surface area contributed by atoms with Crippen molar-refractivity contribution < 1.29 is 9.59 Å². The summed E-state index contributed by atoms with van der Waals surface area (Å²) < 4.78 is 2.21. The van der Waals surface area contributed by atoms with Gasteiger partial charge in [-0.25, -0.2) is 0 Å². The summed E-state index contributed by atoms with van der Waals surface area (Å²) >= 11 is 1.42. The van der Waals surface area contributed by atoms with Gasteiger partial charge in [0.2, 0.25) is 5.91 Å². The van der Waals surface area contributed by atoms with Crippen molar-refractivity contribution in [3.05, 3.63) is 82.3 Å². The number of hydrogen-bond donors (Lipinski definition) is 0. The summed E-state index contributed by atoms with van der Waals surface area (Å²) in [4.78, 5) is 30.6. The molecule has 6 heteroatoms. The van der Waals surface area contributed by atoms with Crippen molar-refractivity contribution in [2.45, 2.75) is 25.9 Å². The molecule has 1 aliphatic rings. The molecule has 0 bridgehead atoms. The van der Waals surface area contributed by atoms with Gasteiger partial charge < -0.3 is 14.4 Å². The Balaban J connectivity index is 1.60. The van der Waals surface area contributed by atoms with E-state index in [1.807, 2.05) is 53.6 Å². The molecule has 1 unspecified atom stereocenters. The van der Waals surface area contributed by atoms with E-state index < -0.39 is 0 Å². The molecule has 5 nitrogen and oxygen atoms in total. The predicted octanol–water partition coefficient (Wildman–Crippen LogP) is 4.03. The van der Waals surface area contributed by atoms with E-state index >= 15 is 0 Å². The van der Waals surface area contributed by atoms with E-state index in [0.29, 0.717) is 18.0 Å². The third-order valence-electron chi connectivity index (χ3n) is 5.31. The number of hydrogen-bond acceptors (Lipinski definition) is 3. The molecule has 29 heavy (non-hydrogen) atoms. The third kappa shape index (κ3) is 3.98. The first kappa shape index (κ1) is 19.5. The quantitative estimate of drug-likeness (QED) is 0.619. The first-order valence-corrected chi connectivity index (χ1v) is 10.9. The van der Waals surface area contributed by atoms with Gasteiger partial charge in [-0.05, 0) is 35.6 Å². The van der Waals surface area contributed by atoms with Crippen LogP contribution in [0.4, 0.5) is 0 Å². The molecule has 2 aromatic heterocycles. The highest BCUT2D eigenvalue weighted by Gasteiger charge is 2.33. The maximum Gasteiger partial charge on any atom is 0.264 e. The van der Waals surface area contributed by atoms with E-state index in [1.165, 1.54) is 11.3 Å². The molecule has 0 saturated heterocycles. The predicted molar refractivity (Wildman–Crippen MR) is 115 cm³/mol. The van der Waals surface area contributed by atoms with Gasteiger partial charge in [0.1, 0.15) is 6.54 Å². The van der Waals surface area contributed by atoms with Gasteiger partial charge in [0, 0.05) is 31.5 Å². The van der Waals surface area contributed by atoms with Crippen LogP contribution in [0, 0.1) is 0 Å². The number of rotatable bonds is 6. The van der Waals surface area contributed by atoms with Gasteiger partial charge in [0.05, 0.1) is 10.9 Å². The van der Waals surface area contributed by atoms with Gasteiger partial charge >= 0.3 is 0 Å². The zero-order valence-corrected chi connectivity index (χ0v) is 17.3. The lowest BCUT2D eigenvalue weighted by atomic mass is 10.00. The van der Waals surface area contributed by atoms with E-state index in [-0.39, 0.29) is 24.4 Å². The fourth-order valence-corrected chi connectivity index (χ4v) is 4.66. The maximum absolute atomic E-state index is 13.4. The molecule has 2 amide bonds. The summed E-state index contributed by atoms with van der Waals surface area (Å²) in [5.74, 6) is -0.0727. The molecule has 3 aromatic rings. The number of carbonyl (C=O) groups is 2. The van der Waals surface area contributed by atoms with E-state index in [2.05, 4.69) is 29.0 Å². The Kier molecular flexibility index (Phi) is 5.81. The van der Waals surface area contributed by atoms with Crippen molar-refractivity contribution in [2.24, 2.45) is 0 Å². The Morgan fingerprint density at radius 2 is 1.90 bits per heavy atom. The Labute approximate surface area is 175 Å². The molecule has 1 atom stereocenters. The molecule has 4 rings (SSSR count). The molecule has 1 aromatic carbocycles. The summed E-state index contributed by atoms with van der Waals surface area (Å²) in [6, 6.07) is 17.8. The second-order valence-corrected chi connectivity index (χ2v) is 8.18. The third-order valence-corrected chi connectivity index (χ3v) is 6.17. The van der Waals surface area contributed by atoms with Crippen molar-refractivity contribution in [1.82, 2.24) is 14.4 Å². The SMILES string of the molecule is CCCN(CC(=O)N1CCn2cccc2C1c1ccccc1)C(=O)c1cccs1. The number of carbonyl (C=O) groups excluding carboxylic acids is 2. The number of benzene rings is 1. The van der Waals surface area contributed by atoms with Crippen LogP contribution in [-0.4, -0.2) is 45.8 Å². The van der Waals surface area contributed by atoms with E-state index in [4.69, 9.17) is 0 Å². The smallest absolute Gasteiger partial charge is 0.264 e. The Bertz CT molecular complexity index is 965.